The number of carboxylic acid groups (broad SMARTS) is 1. The molecule has 0 aromatic carbocycles. The molecule has 36 nitrogen and oxygen atoms in total. The number of hydrogen-bond donors (Lipinski definition) is 22. The maximum Gasteiger partial charge on any atom is 0.326 e. The van der Waals surface area contributed by atoms with Crippen molar-refractivity contribution < 1.29 is 68.1 Å². The average Bonchev–Trinajstić information content (AvgIpc) is 3.37. The van der Waals surface area contributed by atoms with Crippen LogP contribution in [-0.4, -0.2) is 198 Å². The molecular weight excluding hydrogens is 1070 g/mol. The third kappa shape index (κ3) is 31.8. The maximum absolute atomic E-state index is 14.0. The molecule has 0 aliphatic heterocycles. The summed E-state index contributed by atoms with van der Waals surface area (Å²) in [5.74, 6) is -13.2. The summed E-state index contributed by atoms with van der Waals surface area (Å²) in [6.45, 7) is 0.440. The minimum Gasteiger partial charge on any atom is -0.480 e. The normalized spacial score (nSPS) is 14.5. The molecule has 0 fully saturated rings. The summed E-state index contributed by atoms with van der Waals surface area (Å²) in [4.78, 5) is 157. The Morgan fingerprint density at radius 1 is 0.407 bits per heavy atom. The Hall–Kier alpha value is -8.22. The van der Waals surface area contributed by atoms with E-state index in [-0.39, 0.29) is 102 Å². The fraction of sp³-hybridized carbons (Fsp3) is 0.689. The van der Waals surface area contributed by atoms with E-state index in [1.165, 1.54) is 0 Å². The van der Waals surface area contributed by atoms with Gasteiger partial charge < -0.3 is 121 Å². The predicted octanol–water partition coefficient (Wildman–Crippen LogP) is -11.2. The molecule has 0 aliphatic rings. The highest BCUT2D eigenvalue weighted by atomic mass is 16.4. The van der Waals surface area contributed by atoms with Gasteiger partial charge in [-0.1, -0.05) is 0 Å². The van der Waals surface area contributed by atoms with Crippen molar-refractivity contribution in [3.8, 4) is 0 Å². The van der Waals surface area contributed by atoms with E-state index in [9.17, 15) is 68.1 Å². The zero-order chi connectivity index (χ0) is 61.8. The van der Waals surface area contributed by atoms with Crippen LogP contribution >= 0.6 is 0 Å². The molecule has 36 heteroatoms. The predicted molar refractivity (Wildman–Crippen MR) is 293 cm³/mol. The van der Waals surface area contributed by atoms with Gasteiger partial charge in [0.15, 0.2) is 17.9 Å². The Bertz CT molecular complexity index is 2170. The van der Waals surface area contributed by atoms with Crippen molar-refractivity contribution in [2.45, 2.75) is 157 Å². The Labute approximate surface area is 467 Å². The standard InChI is InChI=1S/C45H86N22O14/c1-22(69)33(67-37(75)25(11-3-5-15-47)60-34(72)23(48)9-6-16-57-43(51)52)41(79)62-24(10-2-4-14-46)35(73)65-29(20-32(50)71)39(77)66-30(21-68)40(78)61-26(12-7-17-58-44(53)54)36(74)64-28(19-31(49)70)38(76)63-27(42(80)81)13-8-18-59-45(55)56/h22-30,33,68-69H,2-21,46-48H2,1H3,(H2,49,70)(H2,50,71)(H,60,72)(H,61,78)(H,62,79)(H,63,76)(H,64,74)(H,65,73)(H,66,77)(H,67,75)(H,80,81)(H4,51,52,57)(H4,53,54,58)(H4,55,56,59). The van der Waals surface area contributed by atoms with Crippen molar-refractivity contribution >= 4 is 82.9 Å². The molecule has 0 radical (unpaired) electrons. The van der Waals surface area contributed by atoms with E-state index >= 15 is 0 Å². The second-order valence-electron chi connectivity index (χ2n) is 18.5. The second kappa shape index (κ2) is 40.0. The minimum atomic E-state index is -1.95. The van der Waals surface area contributed by atoms with E-state index < -0.39 is 145 Å². The van der Waals surface area contributed by atoms with E-state index in [4.69, 9.17) is 63.1 Å². The maximum atomic E-state index is 14.0. The highest BCUT2D eigenvalue weighted by molar-refractivity contribution is 5.99. The molecule has 0 bridgehead atoms. The van der Waals surface area contributed by atoms with E-state index in [1.54, 1.807) is 0 Å². The zero-order valence-corrected chi connectivity index (χ0v) is 45.4. The Kier molecular flexibility index (Phi) is 36.0. The monoisotopic (exact) mass is 1160 g/mol. The van der Waals surface area contributed by atoms with E-state index in [2.05, 4.69) is 57.5 Å². The van der Waals surface area contributed by atoms with Crippen LogP contribution in [-0.2, 0) is 52.7 Å². The van der Waals surface area contributed by atoms with Crippen molar-refractivity contribution in [2.75, 3.05) is 39.3 Å². The van der Waals surface area contributed by atoms with Crippen LogP contribution in [0.25, 0.3) is 0 Å². The molecule has 81 heavy (non-hydrogen) atoms. The quantitative estimate of drug-likeness (QED) is 0.0153. The summed E-state index contributed by atoms with van der Waals surface area (Å²) < 4.78 is 0. The molecule has 0 aromatic heterocycles. The van der Waals surface area contributed by atoms with Crippen molar-refractivity contribution in [3.63, 3.8) is 0 Å². The highest BCUT2D eigenvalue weighted by Crippen LogP contribution is 2.10. The second-order valence-corrected chi connectivity index (χ2v) is 18.5. The van der Waals surface area contributed by atoms with Gasteiger partial charge in [-0.3, -0.25) is 62.9 Å². The number of carbonyl (C=O) groups is 11. The number of amides is 10. The summed E-state index contributed by atoms with van der Waals surface area (Å²) in [5.41, 5.74) is 60.1. The Morgan fingerprint density at radius 3 is 1.09 bits per heavy atom. The van der Waals surface area contributed by atoms with Gasteiger partial charge in [0, 0.05) is 19.6 Å². The molecule has 10 amide bonds. The van der Waals surface area contributed by atoms with E-state index in [1.807, 2.05) is 0 Å². The number of guanidine groups is 3. The van der Waals surface area contributed by atoms with Crippen LogP contribution in [0.2, 0.25) is 0 Å². The first-order valence-electron chi connectivity index (χ1n) is 25.9. The molecule has 10 unspecified atom stereocenters. The van der Waals surface area contributed by atoms with Gasteiger partial charge in [-0.15, -0.1) is 0 Å². The van der Waals surface area contributed by atoms with Crippen LogP contribution < -0.4 is 106 Å². The number of carboxylic acids is 1. The number of nitrogens with one attached hydrogen (secondary N) is 8. The first-order chi connectivity index (χ1) is 38.1. The van der Waals surface area contributed by atoms with Gasteiger partial charge in [0.2, 0.25) is 59.1 Å². The van der Waals surface area contributed by atoms with Crippen LogP contribution in [0.4, 0.5) is 0 Å². The van der Waals surface area contributed by atoms with Gasteiger partial charge in [0.25, 0.3) is 0 Å². The first-order valence-corrected chi connectivity index (χ1v) is 25.9. The number of unbranched alkanes of at least 4 members (excludes halogenated alkanes) is 2. The lowest BCUT2D eigenvalue weighted by molar-refractivity contribution is -0.142. The number of primary amides is 2. The molecule has 0 saturated carbocycles. The number of nitrogens with two attached hydrogens (primary N) is 11. The fourth-order valence-corrected chi connectivity index (χ4v) is 7.28. The smallest absolute Gasteiger partial charge is 0.326 e. The SMILES string of the molecule is CC(O)C(NC(=O)C(CCCCN)NC(=O)C(N)CCCN=C(N)N)C(=O)NC(CCCCN)C(=O)NC(CC(N)=O)C(=O)NC(CO)C(=O)NC(CCCN=C(N)N)C(=O)NC(CC(N)=O)C(=O)NC(CCCN=C(N)N)C(=O)O. The van der Waals surface area contributed by atoms with Gasteiger partial charge in [-0.05, 0) is 97.1 Å². The van der Waals surface area contributed by atoms with Crippen molar-refractivity contribution in [3.05, 3.63) is 0 Å². The molecule has 0 aromatic rings. The lowest BCUT2D eigenvalue weighted by Gasteiger charge is -2.28. The largest absolute Gasteiger partial charge is 0.480 e. The van der Waals surface area contributed by atoms with Crippen LogP contribution in [0.5, 0.6) is 0 Å². The van der Waals surface area contributed by atoms with Gasteiger partial charge in [-0.25, -0.2) is 4.79 Å². The minimum absolute atomic E-state index is 0.00112. The summed E-state index contributed by atoms with van der Waals surface area (Å²) in [7, 11) is 0. The summed E-state index contributed by atoms with van der Waals surface area (Å²) in [5, 5.41) is 49.3. The molecular formula is C45H86N22O14. The number of aliphatic hydroxyl groups is 2. The lowest BCUT2D eigenvalue weighted by atomic mass is 10.0. The van der Waals surface area contributed by atoms with Crippen LogP contribution in [0.1, 0.15) is 96.8 Å². The molecule has 10 atom stereocenters. The summed E-state index contributed by atoms with van der Waals surface area (Å²) in [6, 6.07) is -14.6. The summed E-state index contributed by atoms with van der Waals surface area (Å²) >= 11 is 0. The number of aliphatic hydroxyl groups excluding tert-OH is 2. The topological polar surface area (TPSA) is 668 Å². The molecule has 0 aliphatic carbocycles. The Balaban J connectivity index is 6.64. The number of rotatable bonds is 43. The van der Waals surface area contributed by atoms with Gasteiger partial charge >= 0.3 is 5.97 Å². The van der Waals surface area contributed by atoms with Crippen LogP contribution in [0.3, 0.4) is 0 Å². The van der Waals surface area contributed by atoms with Crippen molar-refractivity contribution in [1.29, 1.82) is 0 Å². The van der Waals surface area contributed by atoms with Gasteiger partial charge in [0.05, 0.1) is 31.6 Å². The van der Waals surface area contributed by atoms with Crippen LogP contribution in [0.15, 0.2) is 15.0 Å². The lowest BCUT2D eigenvalue weighted by Crippen LogP contribution is -2.62. The first kappa shape index (κ1) is 72.8. The van der Waals surface area contributed by atoms with Gasteiger partial charge in [-0.2, -0.15) is 0 Å². The number of nitrogens with zero attached hydrogens (tertiary/aromatic N) is 3. The van der Waals surface area contributed by atoms with Crippen LogP contribution in [0, 0.1) is 0 Å². The third-order valence-corrected chi connectivity index (χ3v) is 11.6. The molecule has 33 N–H and O–H groups in total. The average molecular weight is 1160 g/mol. The summed E-state index contributed by atoms with van der Waals surface area (Å²) in [6.07, 6.45) is -2.25. The van der Waals surface area contributed by atoms with Gasteiger partial charge in [0.1, 0.15) is 48.3 Å². The molecule has 0 saturated heterocycles. The molecule has 0 spiro atoms. The molecule has 460 valence electrons. The third-order valence-electron chi connectivity index (χ3n) is 11.6. The molecule has 0 heterocycles. The highest BCUT2D eigenvalue weighted by Gasteiger charge is 2.36. The number of carbonyl (C=O) groups excluding carboxylic acids is 10. The zero-order valence-electron chi connectivity index (χ0n) is 45.4. The number of aliphatic carboxylic acids is 1. The Morgan fingerprint density at radius 2 is 0.716 bits per heavy atom. The van der Waals surface area contributed by atoms with E-state index in [0.29, 0.717) is 25.7 Å². The van der Waals surface area contributed by atoms with Crippen molar-refractivity contribution in [2.24, 2.45) is 78.0 Å². The van der Waals surface area contributed by atoms with Crippen molar-refractivity contribution in [1.82, 2.24) is 42.5 Å². The number of hydrogen-bond acceptors (Lipinski definition) is 19. The number of aliphatic imine (C=N–C) groups is 3. The molecule has 0 rings (SSSR count). The fourth-order valence-electron chi connectivity index (χ4n) is 7.28. The van der Waals surface area contributed by atoms with E-state index in [0.717, 1.165) is 6.92 Å².